The van der Waals surface area contributed by atoms with Gasteiger partial charge >= 0.3 is 0 Å². The summed E-state index contributed by atoms with van der Waals surface area (Å²) in [6.45, 7) is 3.07. The summed E-state index contributed by atoms with van der Waals surface area (Å²) in [5.41, 5.74) is 0. The molecule has 1 aliphatic heterocycles. The summed E-state index contributed by atoms with van der Waals surface area (Å²) in [6, 6.07) is 4.12. The van der Waals surface area contributed by atoms with Gasteiger partial charge in [-0.1, -0.05) is 6.07 Å². The van der Waals surface area contributed by atoms with Crippen LogP contribution in [-0.4, -0.2) is 38.3 Å². The molecule has 1 amide bonds. The fourth-order valence-electron chi connectivity index (χ4n) is 1.81. The van der Waals surface area contributed by atoms with Gasteiger partial charge in [0.05, 0.1) is 19.1 Å². The van der Waals surface area contributed by atoms with E-state index in [1.54, 1.807) is 11.3 Å². The summed E-state index contributed by atoms with van der Waals surface area (Å²) >= 11 is 1.72. The molecule has 1 aromatic heterocycles. The smallest absolute Gasteiger partial charge is 0.222 e. The Morgan fingerprint density at radius 2 is 2.59 bits per heavy atom. The molecule has 17 heavy (non-hydrogen) atoms. The van der Waals surface area contributed by atoms with E-state index < -0.39 is 0 Å². The van der Waals surface area contributed by atoms with Crippen LogP contribution >= 0.6 is 11.3 Å². The van der Waals surface area contributed by atoms with Gasteiger partial charge in [-0.25, -0.2) is 0 Å². The maximum Gasteiger partial charge on any atom is 0.222 e. The molecule has 0 bridgehead atoms. The molecule has 0 saturated carbocycles. The SMILES string of the molecule is O=C(CC1CNCCO1)NCCc1cccs1. The molecule has 0 aliphatic carbocycles. The molecule has 2 rings (SSSR count). The summed E-state index contributed by atoms with van der Waals surface area (Å²) in [5.74, 6) is 0.0789. The van der Waals surface area contributed by atoms with E-state index in [1.165, 1.54) is 4.88 Å². The number of rotatable bonds is 5. The number of amides is 1. The molecule has 94 valence electrons. The Kier molecular flexibility index (Phi) is 4.97. The number of morpholine rings is 1. The summed E-state index contributed by atoms with van der Waals surface area (Å²) in [4.78, 5) is 12.9. The molecule has 2 N–H and O–H groups in total. The average molecular weight is 254 g/mol. The normalized spacial score (nSPS) is 20.1. The highest BCUT2D eigenvalue weighted by molar-refractivity contribution is 7.09. The van der Waals surface area contributed by atoms with E-state index in [2.05, 4.69) is 22.1 Å². The molecule has 1 fully saturated rings. The number of carbonyl (C=O) groups excluding carboxylic acids is 1. The van der Waals surface area contributed by atoms with Crippen molar-refractivity contribution in [2.45, 2.75) is 18.9 Å². The quantitative estimate of drug-likeness (QED) is 0.816. The summed E-state index contributed by atoms with van der Waals surface area (Å²) < 4.78 is 5.48. The van der Waals surface area contributed by atoms with E-state index in [1.807, 2.05) is 6.07 Å². The van der Waals surface area contributed by atoms with Crippen LogP contribution in [0, 0.1) is 0 Å². The van der Waals surface area contributed by atoms with Gasteiger partial charge in [0.2, 0.25) is 5.91 Å². The zero-order valence-electron chi connectivity index (χ0n) is 9.78. The van der Waals surface area contributed by atoms with Crippen molar-refractivity contribution in [1.82, 2.24) is 10.6 Å². The Morgan fingerprint density at radius 1 is 1.65 bits per heavy atom. The molecule has 1 aromatic rings. The molecule has 1 saturated heterocycles. The molecular weight excluding hydrogens is 236 g/mol. The van der Waals surface area contributed by atoms with Crippen molar-refractivity contribution in [1.29, 1.82) is 0 Å². The number of carbonyl (C=O) groups is 1. The minimum Gasteiger partial charge on any atom is -0.375 e. The molecule has 0 radical (unpaired) electrons. The van der Waals surface area contributed by atoms with Crippen molar-refractivity contribution < 1.29 is 9.53 Å². The Morgan fingerprint density at radius 3 is 3.29 bits per heavy atom. The second-order valence-corrected chi connectivity index (χ2v) is 5.11. The van der Waals surface area contributed by atoms with Gasteiger partial charge in [0.25, 0.3) is 0 Å². The van der Waals surface area contributed by atoms with Crippen LogP contribution in [0.4, 0.5) is 0 Å². The van der Waals surface area contributed by atoms with Crippen molar-refractivity contribution in [3.8, 4) is 0 Å². The molecule has 2 heterocycles. The number of hydrogen-bond acceptors (Lipinski definition) is 4. The second-order valence-electron chi connectivity index (χ2n) is 4.08. The fraction of sp³-hybridized carbons (Fsp3) is 0.583. The van der Waals surface area contributed by atoms with Crippen molar-refractivity contribution in [2.24, 2.45) is 0 Å². The van der Waals surface area contributed by atoms with Gasteiger partial charge in [0.1, 0.15) is 0 Å². The average Bonchev–Trinajstić information content (AvgIpc) is 2.83. The number of nitrogens with one attached hydrogen (secondary N) is 2. The lowest BCUT2D eigenvalue weighted by Gasteiger charge is -2.22. The first kappa shape index (κ1) is 12.5. The fourth-order valence-corrected chi connectivity index (χ4v) is 2.52. The summed E-state index contributed by atoms with van der Waals surface area (Å²) in [5, 5.41) is 8.20. The lowest BCUT2D eigenvalue weighted by Crippen LogP contribution is -2.41. The van der Waals surface area contributed by atoms with Gasteiger partial charge in [-0.2, -0.15) is 0 Å². The van der Waals surface area contributed by atoms with Gasteiger partial charge < -0.3 is 15.4 Å². The number of thiophene rings is 1. The van der Waals surface area contributed by atoms with Crippen LogP contribution < -0.4 is 10.6 Å². The van der Waals surface area contributed by atoms with E-state index in [0.717, 1.165) is 19.5 Å². The van der Waals surface area contributed by atoms with Crippen LogP contribution in [0.3, 0.4) is 0 Å². The third-order valence-corrected chi connectivity index (χ3v) is 3.63. The molecule has 0 aromatic carbocycles. The Hall–Kier alpha value is -0.910. The van der Waals surface area contributed by atoms with Crippen LogP contribution in [-0.2, 0) is 16.0 Å². The van der Waals surface area contributed by atoms with Gasteiger partial charge in [0.15, 0.2) is 0 Å². The van der Waals surface area contributed by atoms with Gasteiger partial charge in [0, 0.05) is 24.5 Å². The Labute approximate surface area is 105 Å². The maximum atomic E-state index is 11.6. The summed E-state index contributed by atoms with van der Waals surface area (Å²) in [7, 11) is 0. The predicted molar refractivity (Wildman–Crippen MR) is 68.3 cm³/mol. The highest BCUT2D eigenvalue weighted by Crippen LogP contribution is 2.08. The Balaban J connectivity index is 1.60. The highest BCUT2D eigenvalue weighted by atomic mass is 32.1. The number of ether oxygens (including phenoxy) is 1. The predicted octanol–water partition coefficient (Wildman–Crippen LogP) is 0.785. The molecular formula is C12H18N2O2S. The maximum absolute atomic E-state index is 11.6. The first-order valence-corrected chi connectivity index (χ1v) is 6.84. The van der Waals surface area contributed by atoms with Crippen LogP contribution in [0.15, 0.2) is 17.5 Å². The van der Waals surface area contributed by atoms with E-state index in [0.29, 0.717) is 19.6 Å². The minimum atomic E-state index is 0.0329. The van der Waals surface area contributed by atoms with E-state index >= 15 is 0 Å². The molecule has 1 atom stereocenters. The molecule has 0 spiro atoms. The topological polar surface area (TPSA) is 50.4 Å². The lowest BCUT2D eigenvalue weighted by atomic mass is 10.2. The third kappa shape index (κ3) is 4.46. The zero-order valence-corrected chi connectivity index (χ0v) is 10.6. The largest absolute Gasteiger partial charge is 0.375 e. The molecule has 5 heteroatoms. The monoisotopic (exact) mass is 254 g/mol. The summed E-state index contributed by atoms with van der Waals surface area (Å²) in [6.07, 6.45) is 1.40. The standard InChI is InChI=1S/C12H18N2O2S/c15-12(8-10-9-13-5-6-16-10)14-4-3-11-2-1-7-17-11/h1-2,7,10,13H,3-6,8-9H2,(H,14,15). The lowest BCUT2D eigenvalue weighted by molar-refractivity contribution is -0.124. The molecule has 4 nitrogen and oxygen atoms in total. The van der Waals surface area contributed by atoms with Crippen LogP contribution in [0.25, 0.3) is 0 Å². The molecule has 1 unspecified atom stereocenters. The van der Waals surface area contributed by atoms with E-state index in [-0.39, 0.29) is 12.0 Å². The van der Waals surface area contributed by atoms with E-state index in [4.69, 9.17) is 4.74 Å². The van der Waals surface area contributed by atoms with Gasteiger partial charge in [-0.3, -0.25) is 4.79 Å². The second kappa shape index (κ2) is 6.74. The molecule has 1 aliphatic rings. The van der Waals surface area contributed by atoms with Crippen molar-refractivity contribution in [3.05, 3.63) is 22.4 Å². The van der Waals surface area contributed by atoms with Crippen LogP contribution in [0.2, 0.25) is 0 Å². The van der Waals surface area contributed by atoms with Crippen LogP contribution in [0.1, 0.15) is 11.3 Å². The number of hydrogen-bond donors (Lipinski definition) is 2. The van der Waals surface area contributed by atoms with Crippen LogP contribution in [0.5, 0.6) is 0 Å². The van der Waals surface area contributed by atoms with Gasteiger partial charge in [-0.05, 0) is 17.9 Å². The Bertz CT molecular complexity index is 334. The first-order valence-electron chi connectivity index (χ1n) is 5.96. The van der Waals surface area contributed by atoms with Crippen molar-refractivity contribution in [3.63, 3.8) is 0 Å². The van der Waals surface area contributed by atoms with Crippen molar-refractivity contribution >= 4 is 17.2 Å². The van der Waals surface area contributed by atoms with E-state index in [9.17, 15) is 4.79 Å². The highest BCUT2D eigenvalue weighted by Gasteiger charge is 2.16. The van der Waals surface area contributed by atoms with Gasteiger partial charge in [-0.15, -0.1) is 11.3 Å². The first-order chi connectivity index (χ1) is 8.34. The minimum absolute atomic E-state index is 0.0329. The third-order valence-electron chi connectivity index (χ3n) is 2.69. The zero-order chi connectivity index (χ0) is 11.9. The van der Waals surface area contributed by atoms with Crippen molar-refractivity contribution in [2.75, 3.05) is 26.2 Å².